The van der Waals surface area contributed by atoms with Crippen molar-refractivity contribution in [2.45, 2.75) is 13.8 Å². The van der Waals surface area contributed by atoms with E-state index in [1.807, 2.05) is 0 Å². The highest BCUT2D eigenvalue weighted by Gasteiger charge is 2.21. The quantitative estimate of drug-likeness (QED) is 0.612. The van der Waals surface area contributed by atoms with Crippen molar-refractivity contribution >= 4 is 11.9 Å². The predicted molar refractivity (Wildman–Crippen MR) is 63.7 cm³/mol. The Morgan fingerprint density at radius 3 is 2.74 bits per heavy atom. The molecule has 0 N–H and O–H groups in total. The summed E-state index contributed by atoms with van der Waals surface area (Å²) in [6.45, 7) is 3.24. The van der Waals surface area contributed by atoms with Crippen LogP contribution in [0.3, 0.4) is 0 Å². The minimum Gasteiger partial charge on any atom is -0.460 e. The zero-order valence-electron chi connectivity index (χ0n) is 10.5. The Hall–Kier alpha value is -2.50. The number of benzene rings is 1. The first-order valence-electron chi connectivity index (χ1n) is 5.64. The molecule has 0 unspecified atom stereocenters. The summed E-state index contributed by atoms with van der Waals surface area (Å²) in [4.78, 5) is 22.3. The van der Waals surface area contributed by atoms with Gasteiger partial charge >= 0.3 is 11.9 Å². The van der Waals surface area contributed by atoms with Gasteiger partial charge in [0.1, 0.15) is 12.0 Å². The Bertz CT molecular complexity index is 546. The van der Waals surface area contributed by atoms with Crippen molar-refractivity contribution in [1.82, 2.24) is 0 Å². The number of ether oxygens (including phenoxy) is 4. The van der Waals surface area contributed by atoms with E-state index in [0.29, 0.717) is 17.2 Å². The van der Waals surface area contributed by atoms with E-state index in [4.69, 9.17) is 18.9 Å². The molecule has 0 aromatic heterocycles. The van der Waals surface area contributed by atoms with E-state index in [2.05, 4.69) is 0 Å². The second kappa shape index (κ2) is 5.43. The number of hydrogen-bond acceptors (Lipinski definition) is 6. The molecule has 6 nitrogen and oxygen atoms in total. The van der Waals surface area contributed by atoms with E-state index in [9.17, 15) is 9.59 Å². The van der Waals surface area contributed by atoms with Gasteiger partial charge in [-0.15, -0.1) is 0 Å². The second-order valence-electron chi connectivity index (χ2n) is 3.62. The summed E-state index contributed by atoms with van der Waals surface area (Å²) in [5.74, 6) is -0.0256. The molecule has 0 fully saturated rings. The van der Waals surface area contributed by atoms with Gasteiger partial charge in [0, 0.05) is 13.0 Å². The highest BCUT2D eigenvalue weighted by Crippen LogP contribution is 2.35. The molecule has 1 aromatic rings. The zero-order valence-corrected chi connectivity index (χ0v) is 10.5. The van der Waals surface area contributed by atoms with Gasteiger partial charge in [0.05, 0.1) is 6.61 Å². The van der Waals surface area contributed by atoms with Gasteiger partial charge < -0.3 is 18.9 Å². The summed E-state index contributed by atoms with van der Waals surface area (Å²) < 4.78 is 20.3. The molecule has 0 aliphatic carbocycles. The first-order chi connectivity index (χ1) is 9.10. The maximum absolute atomic E-state index is 11.5. The molecule has 0 atom stereocenters. The van der Waals surface area contributed by atoms with Crippen LogP contribution in [-0.2, 0) is 14.3 Å². The first-order valence-corrected chi connectivity index (χ1v) is 5.64. The normalized spacial score (nSPS) is 12.4. The van der Waals surface area contributed by atoms with Gasteiger partial charge in [-0.2, -0.15) is 0 Å². The summed E-state index contributed by atoms with van der Waals surface area (Å²) in [7, 11) is 0. The summed E-state index contributed by atoms with van der Waals surface area (Å²) in [6, 6.07) is 4.58. The van der Waals surface area contributed by atoms with E-state index in [1.165, 1.54) is 19.1 Å². The lowest BCUT2D eigenvalue weighted by molar-refractivity contribution is -0.141. The molecule has 0 saturated heterocycles. The second-order valence-corrected chi connectivity index (χ2v) is 3.62. The summed E-state index contributed by atoms with van der Waals surface area (Å²) in [5.41, 5.74) is 0. The lowest BCUT2D eigenvalue weighted by Gasteiger charge is -2.17. The predicted octanol–water partition coefficient (Wildman–Crippen LogP) is 1.79. The van der Waals surface area contributed by atoms with Gasteiger partial charge in [-0.05, 0) is 19.1 Å². The molecule has 6 heteroatoms. The van der Waals surface area contributed by atoms with Crippen molar-refractivity contribution < 1.29 is 28.5 Å². The summed E-state index contributed by atoms with van der Waals surface area (Å²) in [5, 5.41) is 0. The van der Waals surface area contributed by atoms with Crippen LogP contribution in [0.2, 0.25) is 0 Å². The molecule has 19 heavy (non-hydrogen) atoms. The van der Waals surface area contributed by atoms with Crippen LogP contribution in [0.15, 0.2) is 30.2 Å². The highest BCUT2D eigenvalue weighted by molar-refractivity contribution is 5.87. The monoisotopic (exact) mass is 264 g/mol. The van der Waals surface area contributed by atoms with Crippen molar-refractivity contribution in [3.63, 3.8) is 0 Å². The standard InChI is InChI=1S/C13H12O6/c1-3-16-13(15)12-7-17-11-6-9(18-8(2)14)4-5-10(11)19-12/h4-7H,3H2,1-2H3. The van der Waals surface area contributed by atoms with Gasteiger partial charge in [0.2, 0.25) is 5.76 Å². The Balaban J connectivity index is 2.14. The van der Waals surface area contributed by atoms with Crippen molar-refractivity contribution in [3.05, 3.63) is 30.2 Å². The molecular formula is C13H12O6. The average Bonchev–Trinajstić information content (AvgIpc) is 2.37. The largest absolute Gasteiger partial charge is 0.460 e. The highest BCUT2D eigenvalue weighted by atomic mass is 16.6. The molecule has 0 amide bonds. The van der Waals surface area contributed by atoms with Crippen molar-refractivity contribution in [2.24, 2.45) is 0 Å². The summed E-state index contributed by atoms with van der Waals surface area (Å²) in [6.07, 6.45) is 1.15. The minimum atomic E-state index is -0.600. The fourth-order valence-electron chi connectivity index (χ4n) is 1.45. The Labute approximate surface area is 109 Å². The Morgan fingerprint density at radius 1 is 1.26 bits per heavy atom. The number of esters is 2. The Kier molecular flexibility index (Phi) is 3.70. The third kappa shape index (κ3) is 3.04. The number of hydrogen-bond donors (Lipinski definition) is 0. The smallest absolute Gasteiger partial charge is 0.377 e. The molecule has 0 spiro atoms. The number of carbonyl (C=O) groups is 2. The van der Waals surface area contributed by atoms with Gasteiger partial charge in [-0.1, -0.05) is 0 Å². The van der Waals surface area contributed by atoms with Crippen LogP contribution >= 0.6 is 0 Å². The molecule has 0 saturated carbocycles. The van der Waals surface area contributed by atoms with Crippen LogP contribution in [0.4, 0.5) is 0 Å². The van der Waals surface area contributed by atoms with E-state index in [1.54, 1.807) is 13.0 Å². The van der Waals surface area contributed by atoms with Gasteiger partial charge in [0.15, 0.2) is 11.5 Å². The number of fused-ring (bicyclic) bond motifs is 1. The van der Waals surface area contributed by atoms with E-state index in [0.717, 1.165) is 6.26 Å². The maximum Gasteiger partial charge on any atom is 0.377 e. The van der Waals surface area contributed by atoms with E-state index < -0.39 is 11.9 Å². The lowest BCUT2D eigenvalue weighted by Crippen LogP contribution is -2.16. The Morgan fingerprint density at radius 2 is 2.05 bits per heavy atom. The average molecular weight is 264 g/mol. The van der Waals surface area contributed by atoms with Crippen LogP contribution < -0.4 is 14.2 Å². The van der Waals surface area contributed by atoms with Gasteiger partial charge in [0.25, 0.3) is 0 Å². The van der Waals surface area contributed by atoms with Crippen LogP contribution in [0.25, 0.3) is 0 Å². The molecule has 2 rings (SSSR count). The number of carbonyl (C=O) groups excluding carboxylic acids is 2. The molecule has 100 valence electrons. The first kappa shape index (κ1) is 12.9. The van der Waals surface area contributed by atoms with Crippen molar-refractivity contribution in [1.29, 1.82) is 0 Å². The van der Waals surface area contributed by atoms with Crippen LogP contribution in [0.5, 0.6) is 17.2 Å². The van der Waals surface area contributed by atoms with Crippen LogP contribution in [-0.4, -0.2) is 18.5 Å². The summed E-state index contributed by atoms with van der Waals surface area (Å²) >= 11 is 0. The molecule has 1 aliphatic heterocycles. The van der Waals surface area contributed by atoms with Crippen molar-refractivity contribution in [2.75, 3.05) is 6.61 Å². The third-order valence-corrected chi connectivity index (χ3v) is 2.17. The zero-order chi connectivity index (χ0) is 13.8. The minimum absolute atomic E-state index is 0.0328. The molecule has 1 aliphatic rings. The SMILES string of the molecule is CCOC(=O)C1=COc2cc(OC(C)=O)ccc2O1. The van der Waals surface area contributed by atoms with Gasteiger partial charge in [-0.3, -0.25) is 4.79 Å². The van der Waals surface area contributed by atoms with E-state index in [-0.39, 0.29) is 12.4 Å². The van der Waals surface area contributed by atoms with E-state index >= 15 is 0 Å². The van der Waals surface area contributed by atoms with Crippen molar-refractivity contribution in [3.8, 4) is 17.2 Å². The number of rotatable bonds is 3. The fourth-order valence-corrected chi connectivity index (χ4v) is 1.45. The maximum atomic E-state index is 11.5. The molecule has 1 heterocycles. The lowest BCUT2D eigenvalue weighted by atomic mass is 10.3. The van der Waals surface area contributed by atoms with Crippen LogP contribution in [0.1, 0.15) is 13.8 Å². The molecule has 0 bridgehead atoms. The van der Waals surface area contributed by atoms with Gasteiger partial charge in [-0.25, -0.2) is 4.79 Å². The fraction of sp³-hybridized carbons (Fsp3) is 0.231. The molecular weight excluding hydrogens is 252 g/mol. The molecule has 0 radical (unpaired) electrons. The third-order valence-electron chi connectivity index (χ3n) is 2.17. The van der Waals surface area contributed by atoms with Crippen LogP contribution in [0, 0.1) is 0 Å². The topological polar surface area (TPSA) is 71.1 Å². The molecule has 1 aromatic carbocycles.